The van der Waals surface area contributed by atoms with Crippen LogP contribution in [0.25, 0.3) is 0 Å². The molecule has 1 amide bonds. The van der Waals surface area contributed by atoms with Gasteiger partial charge in [-0.05, 0) is 6.92 Å². The van der Waals surface area contributed by atoms with Crippen molar-refractivity contribution in [1.82, 2.24) is 15.3 Å². The number of nitrogens with one attached hydrogen (secondary N) is 2. The standard InChI is InChI=1S/C13H23N5O/c1-6-10-16-12(15-4)9(2)13(17-10)18(5)8-7-11(19)14-3/h6-8H2,1-5H3,(H,14,19)(H,15,16,17). The van der Waals surface area contributed by atoms with E-state index in [2.05, 4.69) is 20.6 Å². The van der Waals surface area contributed by atoms with E-state index in [1.54, 1.807) is 7.05 Å². The lowest BCUT2D eigenvalue weighted by Crippen LogP contribution is -2.28. The van der Waals surface area contributed by atoms with E-state index in [4.69, 9.17) is 0 Å². The average molecular weight is 265 g/mol. The predicted molar refractivity (Wildman–Crippen MR) is 77.6 cm³/mol. The topological polar surface area (TPSA) is 70.2 Å². The van der Waals surface area contributed by atoms with Gasteiger partial charge in [-0.1, -0.05) is 6.92 Å². The Hall–Kier alpha value is -1.85. The molecular weight excluding hydrogens is 242 g/mol. The molecule has 1 aromatic rings. The van der Waals surface area contributed by atoms with E-state index < -0.39 is 0 Å². The Balaban J connectivity index is 2.94. The first kappa shape index (κ1) is 15.2. The van der Waals surface area contributed by atoms with Crippen molar-refractivity contribution in [2.24, 2.45) is 0 Å². The van der Waals surface area contributed by atoms with Crippen molar-refractivity contribution in [3.8, 4) is 0 Å². The molecule has 1 aromatic heterocycles. The summed E-state index contributed by atoms with van der Waals surface area (Å²) in [7, 11) is 5.44. The van der Waals surface area contributed by atoms with E-state index in [1.165, 1.54) is 0 Å². The summed E-state index contributed by atoms with van der Waals surface area (Å²) in [5.74, 6) is 2.55. The zero-order chi connectivity index (χ0) is 14.4. The van der Waals surface area contributed by atoms with Crippen LogP contribution in [0.1, 0.15) is 24.7 Å². The van der Waals surface area contributed by atoms with Gasteiger partial charge < -0.3 is 15.5 Å². The highest BCUT2D eigenvalue weighted by Gasteiger charge is 2.13. The van der Waals surface area contributed by atoms with Gasteiger partial charge in [-0.15, -0.1) is 0 Å². The molecule has 0 fully saturated rings. The van der Waals surface area contributed by atoms with Crippen LogP contribution in [0.5, 0.6) is 0 Å². The summed E-state index contributed by atoms with van der Waals surface area (Å²) in [4.78, 5) is 22.3. The van der Waals surface area contributed by atoms with Gasteiger partial charge in [-0.2, -0.15) is 0 Å². The molecule has 0 unspecified atom stereocenters. The minimum Gasteiger partial charge on any atom is -0.373 e. The van der Waals surface area contributed by atoms with Gasteiger partial charge in [0.2, 0.25) is 5.91 Å². The van der Waals surface area contributed by atoms with Crippen LogP contribution in [0, 0.1) is 6.92 Å². The molecule has 6 nitrogen and oxygen atoms in total. The number of amides is 1. The lowest BCUT2D eigenvalue weighted by molar-refractivity contribution is -0.120. The summed E-state index contributed by atoms with van der Waals surface area (Å²) >= 11 is 0. The minimum atomic E-state index is 0.0307. The van der Waals surface area contributed by atoms with Crippen molar-refractivity contribution in [2.75, 3.05) is 37.9 Å². The first-order valence-electron chi connectivity index (χ1n) is 6.50. The molecule has 0 spiro atoms. The molecule has 6 heteroatoms. The zero-order valence-electron chi connectivity index (χ0n) is 12.4. The fraction of sp³-hybridized carbons (Fsp3) is 0.615. The lowest BCUT2D eigenvalue weighted by atomic mass is 10.2. The minimum absolute atomic E-state index is 0.0307. The summed E-state index contributed by atoms with van der Waals surface area (Å²) in [6, 6.07) is 0. The van der Waals surface area contributed by atoms with Crippen LogP contribution in [0.3, 0.4) is 0 Å². The van der Waals surface area contributed by atoms with Crippen molar-refractivity contribution in [1.29, 1.82) is 0 Å². The third-order valence-electron chi connectivity index (χ3n) is 3.03. The summed E-state index contributed by atoms with van der Waals surface area (Å²) in [5, 5.41) is 5.71. The Morgan fingerprint density at radius 2 is 2.00 bits per heavy atom. The summed E-state index contributed by atoms with van der Waals surface area (Å²) in [6.45, 7) is 4.64. The molecule has 0 aliphatic carbocycles. The fourth-order valence-electron chi connectivity index (χ4n) is 1.82. The molecule has 1 rings (SSSR count). The van der Waals surface area contributed by atoms with Crippen molar-refractivity contribution in [3.63, 3.8) is 0 Å². The van der Waals surface area contributed by atoms with Crippen LogP contribution < -0.4 is 15.5 Å². The van der Waals surface area contributed by atoms with E-state index >= 15 is 0 Å². The summed E-state index contributed by atoms with van der Waals surface area (Å²) in [5.41, 5.74) is 0.999. The number of rotatable bonds is 6. The molecule has 0 saturated carbocycles. The van der Waals surface area contributed by atoms with Gasteiger partial charge >= 0.3 is 0 Å². The molecular formula is C13H23N5O. The normalized spacial score (nSPS) is 10.2. The Morgan fingerprint density at radius 1 is 1.32 bits per heavy atom. The zero-order valence-corrected chi connectivity index (χ0v) is 12.4. The number of hydrogen-bond acceptors (Lipinski definition) is 5. The molecule has 0 radical (unpaired) electrons. The predicted octanol–water partition coefficient (Wildman–Crippen LogP) is 0.961. The largest absolute Gasteiger partial charge is 0.373 e. The van der Waals surface area contributed by atoms with E-state index in [0.29, 0.717) is 13.0 Å². The maximum Gasteiger partial charge on any atom is 0.221 e. The smallest absolute Gasteiger partial charge is 0.221 e. The van der Waals surface area contributed by atoms with E-state index in [9.17, 15) is 4.79 Å². The molecule has 1 heterocycles. The molecule has 106 valence electrons. The number of hydrogen-bond donors (Lipinski definition) is 2. The van der Waals surface area contributed by atoms with Crippen LogP contribution in [0.15, 0.2) is 0 Å². The maximum absolute atomic E-state index is 11.3. The third-order valence-corrected chi connectivity index (χ3v) is 3.03. The second-order valence-corrected chi connectivity index (χ2v) is 4.39. The molecule has 0 aliphatic heterocycles. The van der Waals surface area contributed by atoms with Gasteiger partial charge in [-0.25, -0.2) is 9.97 Å². The van der Waals surface area contributed by atoms with Crippen LogP contribution in [0.2, 0.25) is 0 Å². The average Bonchev–Trinajstić information content (AvgIpc) is 2.44. The Morgan fingerprint density at radius 3 is 2.53 bits per heavy atom. The highest BCUT2D eigenvalue weighted by molar-refractivity contribution is 5.76. The first-order chi connectivity index (χ1) is 9.03. The molecule has 2 N–H and O–H groups in total. The summed E-state index contributed by atoms with van der Waals surface area (Å²) < 4.78 is 0. The van der Waals surface area contributed by atoms with E-state index in [-0.39, 0.29) is 5.91 Å². The van der Waals surface area contributed by atoms with Crippen molar-refractivity contribution >= 4 is 17.5 Å². The Labute approximate surface area is 114 Å². The second-order valence-electron chi connectivity index (χ2n) is 4.39. The number of carbonyl (C=O) groups is 1. The van der Waals surface area contributed by atoms with Crippen molar-refractivity contribution < 1.29 is 4.79 Å². The monoisotopic (exact) mass is 265 g/mol. The fourth-order valence-corrected chi connectivity index (χ4v) is 1.82. The van der Waals surface area contributed by atoms with Crippen LogP contribution in [-0.4, -0.2) is 43.6 Å². The van der Waals surface area contributed by atoms with Gasteiger partial charge in [0.15, 0.2) is 0 Å². The lowest BCUT2D eigenvalue weighted by Gasteiger charge is -2.21. The van der Waals surface area contributed by atoms with Gasteiger partial charge in [0, 0.05) is 46.1 Å². The maximum atomic E-state index is 11.3. The first-order valence-corrected chi connectivity index (χ1v) is 6.50. The van der Waals surface area contributed by atoms with Gasteiger partial charge in [0.1, 0.15) is 17.5 Å². The van der Waals surface area contributed by atoms with E-state index in [0.717, 1.165) is 29.4 Å². The quantitative estimate of drug-likeness (QED) is 0.802. The number of nitrogens with zero attached hydrogens (tertiary/aromatic N) is 3. The third kappa shape index (κ3) is 3.81. The number of carbonyl (C=O) groups excluding carboxylic acids is 1. The van der Waals surface area contributed by atoms with Crippen LogP contribution >= 0.6 is 0 Å². The highest BCUT2D eigenvalue weighted by Crippen LogP contribution is 2.22. The Kier molecular flexibility index (Phi) is 5.54. The van der Waals surface area contributed by atoms with Crippen LogP contribution in [0.4, 0.5) is 11.6 Å². The number of aryl methyl sites for hydroxylation is 1. The molecule has 0 aliphatic rings. The van der Waals surface area contributed by atoms with Crippen molar-refractivity contribution in [3.05, 3.63) is 11.4 Å². The van der Waals surface area contributed by atoms with E-state index in [1.807, 2.05) is 32.8 Å². The SMILES string of the molecule is CCc1nc(NC)c(C)c(N(C)CCC(=O)NC)n1. The molecule has 19 heavy (non-hydrogen) atoms. The molecule has 0 aromatic carbocycles. The number of aromatic nitrogens is 2. The van der Waals surface area contributed by atoms with Crippen LogP contribution in [-0.2, 0) is 11.2 Å². The van der Waals surface area contributed by atoms with Crippen molar-refractivity contribution in [2.45, 2.75) is 26.7 Å². The molecule has 0 bridgehead atoms. The second kappa shape index (κ2) is 6.92. The highest BCUT2D eigenvalue weighted by atomic mass is 16.1. The molecule has 0 saturated heterocycles. The van der Waals surface area contributed by atoms with Gasteiger partial charge in [-0.3, -0.25) is 4.79 Å². The van der Waals surface area contributed by atoms with Gasteiger partial charge in [0.05, 0.1) is 0 Å². The number of anilines is 2. The molecule has 0 atom stereocenters. The van der Waals surface area contributed by atoms with Gasteiger partial charge in [0.25, 0.3) is 0 Å². The summed E-state index contributed by atoms with van der Waals surface area (Å²) in [6.07, 6.45) is 1.23. The Bertz CT molecular complexity index is 447.